The van der Waals surface area contributed by atoms with Crippen LogP contribution in [0.2, 0.25) is 0 Å². The van der Waals surface area contributed by atoms with Gasteiger partial charge in [0.25, 0.3) is 5.91 Å². The lowest BCUT2D eigenvalue weighted by atomic mass is 10.2. The summed E-state index contributed by atoms with van der Waals surface area (Å²) in [5.41, 5.74) is 1.67. The number of sulfonamides is 1. The molecular weight excluding hydrogens is 410 g/mol. The smallest absolute Gasteiger partial charge is 0.251 e. The lowest BCUT2D eigenvalue weighted by Crippen LogP contribution is -2.37. The van der Waals surface area contributed by atoms with Gasteiger partial charge in [0.15, 0.2) is 0 Å². The van der Waals surface area contributed by atoms with Crippen molar-refractivity contribution in [3.63, 3.8) is 0 Å². The van der Waals surface area contributed by atoms with Crippen molar-refractivity contribution in [1.29, 1.82) is 0 Å². The third-order valence-corrected chi connectivity index (χ3v) is 8.05. The second-order valence-corrected chi connectivity index (χ2v) is 10.5. The molecule has 2 aromatic carbocycles. The van der Waals surface area contributed by atoms with Gasteiger partial charge in [-0.15, -0.1) is 0 Å². The highest BCUT2D eigenvalue weighted by molar-refractivity contribution is 7.89. The van der Waals surface area contributed by atoms with Crippen molar-refractivity contribution in [3.8, 4) is 0 Å². The van der Waals surface area contributed by atoms with Crippen LogP contribution >= 0.6 is 0 Å². The Hall–Kier alpha value is -2.22. The lowest BCUT2D eigenvalue weighted by Gasteiger charge is -2.20. The van der Waals surface area contributed by atoms with Crippen LogP contribution < -0.4 is 5.32 Å². The zero-order valence-electron chi connectivity index (χ0n) is 17.9. The Labute approximate surface area is 185 Å². The monoisotopic (exact) mass is 441 g/mol. The number of nitrogens with one attached hydrogen (secondary N) is 1. The van der Waals surface area contributed by atoms with Crippen molar-refractivity contribution >= 4 is 15.9 Å². The molecule has 2 heterocycles. The Morgan fingerprint density at radius 2 is 1.68 bits per heavy atom. The average molecular weight is 442 g/mol. The van der Waals surface area contributed by atoms with E-state index >= 15 is 0 Å². The summed E-state index contributed by atoms with van der Waals surface area (Å²) in [7, 11) is -3.57. The zero-order valence-corrected chi connectivity index (χ0v) is 18.7. The molecule has 0 aliphatic carbocycles. The second kappa shape index (κ2) is 9.94. The van der Waals surface area contributed by atoms with Gasteiger partial charge in [-0.3, -0.25) is 9.69 Å². The number of nitrogens with zero attached hydrogens (tertiary/aromatic N) is 2. The van der Waals surface area contributed by atoms with Gasteiger partial charge in [-0.2, -0.15) is 4.31 Å². The van der Waals surface area contributed by atoms with Crippen molar-refractivity contribution < 1.29 is 13.2 Å². The first kappa shape index (κ1) is 22.0. The molecule has 0 aromatic heterocycles. The van der Waals surface area contributed by atoms with Crippen LogP contribution in [-0.4, -0.2) is 55.8 Å². The minimum Gasteiger partial charge on any atom is -0.348 e. The minimum absolute atomic E-state index is 0.0714. The predicted octanol–water partition coefficient (Wildman–Crippen LogP) is 3.26. The summed E-state index contributed by atoms with van der Waals surface area (Å²) in [4.78, 5) is 15.4. The van der Waals surface area contributed by atoms with Crippen LogP contribution in [-0.2, 0) is 16.6 Å². The van der Waals surface area contributed by atoms with Gasteiger partial charge in [0.05, 0.1) is 4.90 Å². The number of hydrogen-bond donors (Lipinski definition) is 1. The van der Waals surface area contributed by atoms with E-state index in [-0.39, 0.29) is 16.8 Å². The molecule has 2 saturated heterocycles. The fourth-order valence-corrected chi connectivity index (χ4v) is 6.00. The first-order valence-corrected chi connectivity index (χ1v) is 12.6. The standard InChI is InChI=1S/C24H31N3O3S/c28-24(25-22-13-16-26(19-22)18-20-9-4-3-5-10-20)21-11-8-12-23(17-21)31(29,30)27-14-6-1-2-7-15-27/h3-5,8-12,17,22H,1-2,6-7,13-16,18-19H2,(H,25,28). The molecule has 1 unspecified atom stereocenters. The van der Waals surface area contributed by atoms with Gasteiger partial charge < -0.3 is 5.32 Å². The molecule has 0 bridgehead atoms. The van der Waals surface area contributed by atoms with E-state index in [1.165, 1.54) is 11.6 Å². The maximum absolute atomic E-state index is 13.1. The summed E-state index contributed by atoms with van der Waals surface area (Å²) in [6.45, 7) is 3.71. The lowest BCUT2D eigenvalue weighted by molar-refractivity contribution is 0.0937. The van der Waals surface area contributed by atoms with E-state index in [0.29, 0.717) is 18.7 Å². The van der Waals surface area contributed by atoms with Crippen LogP contribution in [0.4, 0.5) is 0 Å². The topological polar surface area (TPSA) is 69.7 Å². The van der Waals surface area contributed by atoms with Gasteiger partial charge in [-0.1, -0.05) is 49.2 Å². The van der Waals surface area contributed by atoms with Gasteiger partial charge in [0, 0.05) is 44.3 Å². The maximum atomic E-state index is 13.1. The third-order valence-electron chi connectivity index (χ3n) is 6.16. The predicted molar refractivity (Wildman–Crippen MR) is 121 cm³/mol. The average Bonchev–Trinajstić information content (AvgIpc) is 3.03. The fraction of sp³-hybridized carbons (Fsp3) is 0.458. The molecule has 1 N–H and O–H groups in total. The Morgan fingerprint density at radius 3 is 2.42 bits per heavy atom. The van der Waals surface area contributed by atoms with Crippen molar-refractivity contribution in [2.75, 3.05) is 26.2 Å². The molecule has 7 heteroatoms. The van der Waals surface area contributed by atoms with Crippen LogP contribution in [0.3, 0.4) is 0 Å². The van der Waals surface area contributed by atoms with Gasteiger partial charge in [-0.25, -0.2) is 8.42 Å². The number of amides is 1. The number of carbonyl (C=O) groups is 1. The molecule has 2 aromatic rings. The first-order chi connectivity index (χ1) is 15.0. The highest BCUT2D eigenvalue weighted by Gasteiger charge is 2.27. The Kier molecular flexibility index (Phi) is 7.05. The maximum Gasteiger partial charge on any atom is 0.251 e. The number of benzene rings is 2. The van der Waals surface area contributed by atoms with E-state index in [9.17, 15) is 13.2 Å². The van der Waals surface area contributed by atoms with E-state index in [1.54, 1.807) is 22.5 Å². The molecule has 166 valence electrons. The molecule has 4 rings (SSSR count). The molecule has 6 nitrogen and oxygen atoms in total. The Balaban J connectivity index is 1.38. The molecule has 0 saturated carbocycles. The van der Waals surface area contributed by atoms with Gasteiger partial charge in [-0.05, 0) is 43.0 Å². The van der Waals surface area contributed by atoms with Gasteiger partial charge in [0.1, 0.15) is 0 Å². The highest BCUT2D eigenvalue weighted by atomic mass is 32.2. The van der Waals surface area contributed by atoms with E-state index in [1.807, 2.05) is 18.2 Å². The molecule has 31 heavy (non-hydrogen) atoms. The quantitative estimate of drug-likeness (QED) is 0.747. The van der Waals surface area contributed by atoms with E-state index < -0.39 is 10.0 Å². The summed E-state index contributed by atoms with van der Waals surface area (Å²) in [5, 5.41) is 3.09. The summed E-state index contributed by atoms with van der Waals surface area (Å²) < 4.78 is 27.7. The highest BCUT2D eigenvalue weighted by Crippen LogP contribution is 2.21. The molecule has 1 amide bonds. The van der Waals surface area contributed by atoms with Crippen molar-refractivity contribution in [2.45, 2.75) is 49.6 Å². The van der Waals surface area contributed by atoms with Crippen LogP contribution in [0.15, 0.2) is 59.5 Å². The fourth-order valence-electron chi connectivity index (χ4n) is 4.43. The van der Waals surface area contributed by atoms with Gasteiger partial charge in [0.2, 0.25) is 10.0 Å². The van der Waals surface area contributed by atoms with Crippen LogP contribution in [0.25, 0.3) is 0 Å². The Bertz CT molecular complexity index is 986. The molecule has 2 fully saturated rings. The van der Waals surface area contributed by atoms with E-state index in [0.717, 1.165) is 51.7 Å². The van der Waals surface area contributed by atoms with Crippen LogP contribution in [0, 0.1) is 0 Å². The SMILES string of the molecule is O=C(NC1CCN(Cc2ccccc2)C1)c1cccc(S(=O)(=O)N2CCCCCC2)c1. The van der Waals surface area contributed by atoms with Crippen molar-refractivity contribution in [2.24, 2.45) is 0 Å². The van der Waals surface area contributed by atoms with Crippen molar-refractivity contribution in [3.05, 3.63) is 65.7 Å². The molecule has 1 atom stereocenters. The third kappa shape index (κ3) is 5.53. The number of carbonyl (C=O) groups excluding carboxylic acids is 1. The molecule has 2 aliphatic rings. The molecular formula is C24H31N3O3S. The summed E-state index contributed by atoms with van der Waals surface area (Å²) >= 11 is 0. The summed E-state index contributed by atoms with van der Waals surface area (Å²) in [5.74, 6) is -0.209. The molecule has 0 spiro atoms. The van der Waals surface area contributed by atoms with E-state index in [2.05, 4.69) is 22.3 Å². The van der Waals surface area contributed by atoms with Crippen LogP contribution in [0.1, 0.15) is 48.0 Å². The van der Waals surface area contributed by atoms with E-state index in [4.69, 9.17) is 0 Å². The first-order valence-electron chi connectivity index (χ1n) is 11.2. The second-order valence-electron chi connectivity index (χ2n) is 8.53. The number of likely N-dealkylation sites (tertiary alicyclic amines) is 1. The zero-order chi connectivity index (χ0) is 21.7. The number of hydrogen-bond acceptors (Lipinski definition) is 4. The van der Waals surface area contributed by atoms with Crippen LogP contribution in [0.5, 0.6) is 0 Å². The number of rotatable bonds is 6. The summed E-state index contributed by atoms with van der Waals surface area (Å²) in [6.07, 6.45) is 4.81. The molecule has 0 radical (unpaired) electrons. The Morgan fingerprint density at radius 1 is 0.935 bits per heavy atom. The summed E-state index contributed by atoms with van der Waals surface area (Å²) in [6, 6.07) is 16.8. The minimum atomic E-state index is -3.57. The molecule has 2 aliphatic heterocycles. The normalized spacial score (nSPS) is 21.0. The van der Waals surface area contributed by atoms with Gasteiger partial charge >= 0.3 is 0 Å². The largest absolute Gasteiger partial charge is 0.348 e. The van der Waals surface area contributed by atoms with Crippen molar-refractivity contribution in [1.82, 2.24) is 14.5 Å².